The van der Waals surface area contributed by atoms with Crippen molar-refractivity contribution >= 4 is 11.6 Å². The van der Waals surface area contributed by atoms with Gasteiger partial charge in [0.2, 0.25) is 5.95 Å². The smallest absolute Gasteiger partial charge is 0.349 e. The summed E-state index contributed by atoms with van der Waals surface area (Å²) in [6.07, 6.45) is 5.67. The number of anilines is 1. The number of aromatic nitrogens is 2. The van der Waals surface area contributed by atoms with Gasteiger partial charge in [-0.25, -0.2) is 10.8 Å². The Kier molecular flexibility index (Phi) is 3.88. The Morgan fingerprint density at radius 2 is 2.39 bits per heavy atom. The zero-order chi connectivity index (χ0) is 13.0. The van der Waals surface area contributed by atoms with E-state index < -0.39 is 4.92 Å². The number of rotatable bonds is 6. The second-order valence-corrected chi connectivity index (χ2v) is 4.22. The number of ether oxygens (including phenoxy) is 1. The van der Waals surface area contributed by atoms with Crippen molar-refractivity contribution in [1.29, 1.82) is 0 Å². The zero-order valence-corrected chi connectivity index (χ0v) is 9.83. The predicted octanol–water partition coefficient (Wildman–Crippen LogP) is 1.24. The molecule has 0 aliphatic heterocycles. The molecule has 8 nitrogen and oxygen atoms in total. The molecule has 0 radical (unpaired) electrons. The molecule has 0 spiro atoms. The highest BCUT2D eigenvalue weighted by Crippen LogP contribution is 2.30. The molecule has 1 aromatic heterocycles. The first kappa shape index (κ1) is 12.5. The van der Waals surface area contributed by atoms with Crippen LogP contribution in [0.3, 0.4) is 0 Å². The summed E-state index contributed by atoms with van der Waals surface area (Å²) in [5, 5.41) is 10.8. The van der Waals surface area contributed by atoms with E-state index in [1.54, 1.807) is 0 Å². The van der Waals surface area contributed by atoms with Gasteiger partial charge in [-0.15, -0.1) is 0 Å². The minimum absolute atomic E-state index is 0.0396. The molecule has 1 aliphatic carbocycles. The number of nitrogens with zero attached hydrogens (tertiary/aromatic N) is 3. The molecule has 18 heavy (non-hydrogen) atoms. The van der Waals surface area contributed by atoms with E-state index in [0.29, 0.717) is 12.5 Å². The molecule has 0 amide bonds. The number of hydrogen-bond donors (Lipinski definition) is 2. The van der Waals surface area contributed by atoms with Gasteiger partial charge in [0.1, 0.15) is 6.20 Å². The molecule has 1 aromatic rings. The lowest BCUT2D eigenvalue weighted by molar-refractivity contribution is -0.386. The van der Waals surface area contributed by atoms with Crippen LogP contribution < -0.4 is 16.0 Å². The Balaban J connectivity index is 2.00. The second kappa shape index (κ2) is 5.58. The summed E-state index contributed by atoms with van der Waals surface area (Å²) in [5.74, 6) is 5.89. The highest BCUT2D eigenvalue weighted by Gasteiger charge is 2.21. The molecule has 0 bridgehead atoms. The van der Waals surface area contributed by atoms with Crippen molar-refractivity contribution < 1.29 is 9.66 Å². The highest BCUT2D eigenvalue weighted by atomic mass is 16.6. The van der Waals surface area contributed by atoms with Crippen molar-refractivity contribution in [2.75, 3.05) is 12.0 Å². The SMILES string of the molecule is NNc1ncc([N+](=O)[O-])c(OCCC2CCC2)n1. The largest absolute Gasteiger partial charge is 0.473 e. The summed E-state index contributed by atoms with van der Waals surface area (Å²) in [5.41, 5.74) is 1.98. The van der Waals surface area contributed by atoms with Gasteiger partial charge in [-0.05, 0) is 12.3 Å². The van der Waals surface area contributed by atoms with Gasteiger partial charge in [0.25, 0.3) is 5.88 Å². The Morgan fingerprint density at radius 1 is 1.61 bits per heavy atom. The molecule has 1 saturated carbocycles. The maximum absolute atomic E-state index is 10.8. The lowest BCUT2D eigenvalue weighted by Gasteiger charge is -2.24. The molecule has 2 rings (SSSR count). The van der Waals surface area contributed by atoms with E-state index in [9.17, 15) is 10.1 Å². The molecular weight excluding hydrogens is 238 g/mol. The van der Waals surface area contributed by atoms with Crippen LogP contribution in [-0.2, 0) is 0 Å². The van der Waals surface area contributed by atoms with Crippen LogP contribution in [-0.4, -0.2) is 21.5 Å². The van der Waals surface area contributed by atoms with E-state index in [1.807, 2.05) is 0 Å². The van der Waals surface area contributed by atoms with E-state index in [2.05, 4.69) is 15.4 Å². The van der Waals surface area contributed by atoms with Gasteiger partial charge in [0.15, 0.2) is 0 Å². The quantitative estimate of drug-likeness (QED) is 0.445. The lowest BCUT2D eigenvalue weighted by atomic mass is 9.83. The van der Waals surface area contributed by atoms with Crippen molar-refractivity contribution in [3.05, 3.63) is 16.3 Å². The van der Waals surface area contributed by atoms with Crippen LogP contribution in [0.2, 0.25) is 0 Å². The summed E-state index contributed by atoms with van der Waals surface area (Å²) < 4.78 is 5.36. The Hall–Kier alpha value is -1.96. The van der Waals surface area contributed by atoms with Crippen molar-refractivity contribution in [1.82, 2.24) is 9.97 Å². The number of nitrogens with two attached hydrogens (primary N) is 1. The van der Waals surface area contributed by atoms with Crippen molar-refractivity contribution in [2.45, 2.75) is 25.7 Å². The fourth-order valence-electron chi connectivity index (χ4n) is 1.76. The van der Waals surface area contributed by atoms with E-state index >= 15 is 0 Å². The number of nitro groups is 1. The predicted molar refractivity (Wildman–Crippen MR) is 63.9 cm³/mol. The summed E-state index contributed by atoms with van der Waals surface area (Å²) in [4.78, 5) is 17.7. The standard InChI is InChI=1S/C10H15N5O3/c11-14-10-12-6-8(15(16)17)9(13-10)18-5-4-7-2-1-3-7/h6-7H,1-5,11H2,(H,12,13,14). The Labute approximate surface area is 104 Å². The van der Waals surface area contributed by atoms with Crippen molar-refractivity contribution in [2.24, 2.45) is 11.8 Å². The second-order valence-electron chi connectivity index (χ2n) is 4.22. The maximum Gasteiger partial charge on any atom is 0.349 e. The van der Waals surface area contributed by atoms with Crippen LogP contribution in [0.25, 0.3) is 0 Å². The van der Waals surface area contributed by atoms with Gasteiger partial charge < -0.3 is 4.74 Å². The first-order valence-electron chi connectivity index (χ1n) is 5.81. The first-order valence-corrected chi connectivity index (χ1v) is 5.81. The maximum atomic E-state index is 10.8. The number of nitrogen functional groups attached to an aromatic ring is 1. The molecule has 98 valence electrons. The molecule has 1 fully saturated rings. The molecule has 8 heteroatoms. The van der Waals surface area contributed by atoms with Crippen LogP contribution in [0, 0.1) is 16.0 Å². The van der Waals surface area contributed by atoms with Crippen LogP contribution in [0.1, 0.15) is 25.7 Å². The molecule has 1 aliphatic rings. The minimum atomic E-state index is -0.570. The van der Waals surface area contributed by atoms with Gasteiger partial charge in [-0.1, -0.05) is 19.3 Å². The number of hydrazine groups is 1. The topological polar surface area (TPSA) is 116 Å². The summed E-state index contributed by atoms with van der Waals surface area (Å²) in [6, 6.07) is 0. The molecular formula is C10H15N5O3. The van der Waals surface area contributed by atoms with Crippen LogP contribution >= 0.6 is 0 Å². The summed E-state index contributed by atoms with van der Waals surface area (Å²) in [6.45, 7) is 0.423. The van der Waals surface area contributed by atoms with Crippen LogP contribution in [0.4, 0.5) is 11.6 Å². The van der Waals surface area contributed by atoms with E-state index in [1.165, 1.54) is 19.3 Å². The lowest BCUT2D eigenvalue weighted by Crippen LogP contribution is -2.16. The zero-order valence-electron chi connectivity index (χ0n) is 9.83. The average molecular weight is 253 g/mol. The molecule has 0 saturated heterocycles. The Morgan fingerprint density at radius 3 is 2.94 bits per heavy atom. The van der Waals surface area contributed by atoms with E-state index in [4.69, 9.17) is 10.6 Å². The third-order valence-electron chi connectivity index (χ3n) is 3.05. The third-order valence-corrected chi connectivity index (χ3v) is 3.05. The minimum Gasteiger partial charge on any atom is -0.473 e. The first-order chi connectivity index (χ1) is 8.70. The average Bonchev–Trinajstić information content (AvgIpc) is 2.31. The Bertz CT molecular complexity index is 436. The third kappa shape index (κ3) is 2.83. The summed E-state index contributed by atoms with van der Waals surface area (Å²) in [7, 11) is 0. The number of nitrogens with one attached hydrogen (secondary N) is 1. The van der Waals surface area contributed by atoms with E-state index in [-0.39, 0.29) is 17.5 Å². The van der Waals surface area contributed by atoms with Crippen LogP contribution in [0.15, 0.2) is 6.20 Å². The monoisotopic (exact) mass is 253 g/mol. The van der Waals surface area contributed by atoms with Crippen molar-refractivity contribution in [3.63, 3.8) is 0 Å². The normalized spacial score (nSPS) is 14.9. The highest BCUT2D eigenvalue weighted by molar-refractivity contribution is 5.42. The molecule has 0 atom stereocenters. The fourth-order valence-corrected chi connectivity index (χ4v) is 1.76. The number of hydrogen-bond acceptors (Lipinski definition) is 7. The summed E-state index contributed by atoms with van der Waals surface area (Å²) >= 11 is 0. The van der Waals surface area contributed by atoms with Gasteiger partial charge in [0.05, 0.1) is 11.5 Å². The van der Waals surface area contributed by atoms with Crippen LogP contribution in [0.5, 0.6) is 5.88 Å². The van der Waals surface area contributed by atoms with Gasteiger partial charge in [-0.3, -0.25) is 15.5 Å². The van der Waals surface area contributed by atoms with Crippen molar-refractivity contribution in [3.8, 4) is 5.88 Å². The molecule has 1 heterocycles. The molecule has 0 aromatic carbocycles. The molecule has 0 unspecified atom stereocenters. The van der Waals surface area contributed by atoms with E-state index in [0.717, 1.165) is 12.6 Å². The van der Waals surface area contributed by atoms with Gasteiger partial charge in [-0.2, -0.15) is 4.98 Å². The molecule has 3 N–H and O–H groups in total. The van der Waals surface area contributed by atoms with Gasteiger partial charge >= 0.3 is 5.69 Å². The fraction of sp³-hybridized carbons (Fsp3) is 0.600. The van der Waals surface area contributed by atoms with Gasteiger partial charge in [0, 0.05) is 0 Å².